The van der Waals surface area contributed by atoms with Crippen molar-refractivity contribution in [3.05, 3.63) is 57.0 Å². The minimum atomic E-state index is -0.907. The zero-order valence-electron chi connectivity index (χ0n) is 17.1. The summed E-state index contributed by atoms with van der Waals surface area (Å²) >= 11 is 1.28. The smallest absolute Gasteiger partial charge is 0.345 e. The molecule has 1 aromatic carbocycles. The Balaban J connectivity index is 1.45. The third-order valence-electron chi connectivity index (χ3n) is 5.67. The highest BCUT2D eigenvalue weighted by Gasteiger charge is 2.30. The summed E-state index contributed by atoms with van der Waals surface area (Å²) in [6.45, 7) is 2.36. The Labute approximate surface area is 180 Å². The van der Waals surface area contributed by atoms with Gasteiger partial charge in [-0.05, 0) is 74.8 Å². The molecule has 0 bridgehead atoms. The number of hydrogen-bond acceptors (Lipinski definition) is 4. The van der Waals surface area contributed by atoms with Gasteiger partial charge in [0.2, 0.25) is 5.91 Å². The van der Waals surface area contributed by atoms with Crippen molar-refractivity contribution in [2.24, 2.45) is 0 Å². The number of hydrogen-bond donors (Lipinski definition) is 2. The van der Waals surface area contributed by atoms with Crippen LogP contribution in [0.1, 0.15) is 57.8 Å². The number of halogens is 1. The number of thiophene rings is 1. The number of aryl methyl sites for hydroxylation is 2. The lowest BCUT2D eigenvalue weighted by Gasteiger charge is -2.25. The molecule has 30 heavy (non-hydrogen) atoms. The molecule has 5 nitrogen and oxygen atoms in total. The first kappa shape index (κ1) is 22.4. The molecular formula is C23H28FNO4S. The maximum absolute atomic E-state index is 13.4. The van der Waals surface area contributed by atoms with Gasteiger partial charge in [0.15, 0.2) is 0 Å². The summed E-state index contributed by atoms with van der Waals surface area (Å²) < 4.78 is 13.4. The van der Waals surface area contributed by atoms with Crippen LogP contribution in [0.5, 0.6) is 0 Å². The van der Waals surface area contributed by atoms with E-state index in [1.807, 2.05) is 11.0 Å². The van der Waals surface area contributed by atoms with Crippen LogP contribution in [0.15, 0.2) is 30.3 Å². The minimum Gasteiger partial charge on any atom is -0.477 e. The Kier molecular flexibility index (Phi) is 7.61. The molecule has 0 saturated carbocycles. The van der Waals surface area contributed by atoms with Gasteiger partial charge in [-0.1, -0.05) is 12.1 Å². The molecular weight excluding hydrogens is 405 g/mol. The number of rotatable bonds is 10. The molecule has 7 heteroatoms. The van der Waals surface area contributed by atoms with E-state index < -0.39 is 12.1 Å². The van der Waals surface area contributed by atoms with Gasteiger partial charge in [-0.15, -0.1) is 11.3 Å². The van der Waals surface area contributed by atoms with Crippen LogP contribution in [0.25, 0.3) is 0 Å². The molecule has 1 amide bonds. The first-order valence-corrected chi connectivity index (χ1v) is 11.2. The number of carbonyl (C=O) groups is 2. The average Bonchev–Trinajstić information content (AvgIpc) is 3.31. The fourth-order valence-corrected chi connectivity index (χ4v) is 4.93. The van der Waals surface area contributed by atoms with Crippen molar-refractivity contribution in [2.75, 3.05) is 6.54 Å². The van der Waals surface area contributed by atoms with Crippen molar-refractivity contribution in [1.29, 1.82) is 0 Å². The van der Waals surface area contributed by atoms with Crippen molar-refractivity contribution >= 4 is 23.2 Å². The molecule has 1 unspecified atom stereocenters. The lowest BCUT2D eigenvalue weighted by atomic mass is 9.99. The summed E-state index contributed by atoms with van der Waals surface area (Å²) in [5.74, 6) is -0.994. The maximum atomic E-state index is 13.4. The Bertz CT molecular complexity index is 897. The Hall–Kier alpha value is -2.25. The Morgan fingerprint density at radius 3 is 2.83 bits per heavy atom. The predicted molar refractivity (Wildman–Crippen MR) is 114 cm³/mol. The van der Waals surface area contributed by atoms with E-state index in [1.165, 1.54) is 17.4 Å². The normalized spacial score (nSPS) is 17.5. The molecule has 2 aromatic rings. The predicted octanol–water partition coefficient (Wildman–Crippen LogP) is 4.20. The van der Waals surface area contributed by atoms with E-state index in [-0.39, 0.29) is 17.8 Å². The topological polar surface area (TPSA) is 77.8 Å². The van der Waals surface area contributed by atoms with Crippen molar-refractivity contribution in [2.45, 2.75) is 64.0 Å². The molecule has 0 spiro atoms. The standard InChI is InChI=1S/C23H28FNO4S/c1-15-13-16(4-9-20(15)24)14-18(26)7-5-17-6-11-22(27)25(17)12-2-3-19-8-10-21(30-19)23(28)29/h4,8-10,13,17-18,26H,2-3,5-7,11-12,14H2,1H3,(H,28,29)/t17-,18?/m0/s1. The largest absolute Gasteiger partial charge is 0.477 e. The molecule has 1 saturated heterocycles. The van der Waals surface area contributed by atoms with E-state index in [0.29, 0.717) is 36.2 Å². The third kappa shape index (κ3) is 5.89. The van der Waals surface area contributed by atoms with Crippen LogP contribution in [0, 0.1) is 12.7 Å². The third-order valence-corrected chi connectivity index (χ3v) is 6.81. The van der Waals surface area contributed by atoms with Gasteiger partial charge < -0.3 is 15.1 Å². The molecule has 1 aliphatic rings. The van der Waals surface area contributed by atoms with Gasteiger partial charge in [0.25, 0.3) is 0 Å². The number of benzene rings is 1. The Morgan fingerprint density at radius 1 is 1.33 bits per heavy atom. The maximum Gasteiger partial charge on any atom is 0.345 e. The van der Waals surface area contributed by atoms with Gasteiger partial charge in [-0.3, -0.25) is 4.79 Å². The van der Waals surface area contributed by atoms with Gasteiger partial charge in [-0.2, -0.15) is 0 Å². The first-order valence-electron chi connectivity index (χ1n) is 10.4. The summed E-state index contributed by atoms with van der Waals surface area (Å²) in [6, 6.07) is 8.50. The zero-order chi connectivity index (χ0) is 21.7. The van der Waals surface area contributed by atoms with Crippen molar-refractivity contribution in [1.82, 2.24) is 4.90 Å². The SMILES string of the molecule is Cc1cc(CC(O)CC[C@H]2CCC(=O)N2CCCc2ccc(C(=O)O)s2)ccc1F. The van der Waals surface area contributed by atoms with Gasteiger partial charge in [0.1, 0.15) is 10.7 Å². The van der Waals surface area contributed by atoms with Crippen LogP contribution in [-0.2, 0) is 17.6 Å². The van der Waals surface area contributed by atoms with Crippen LogP contribution in [0.4, 0.5) is 4.39 Å². The van der Waals surface area contributed by atoms with Crippen LogP contribution in [-0.4, -0.2) is 45.7 Å². The summed E-state index contributed by atoms with van der Waals surface area (Å²) in [5.41, 5.74) is 1.49. The van der Waals surface area contributed by atoms with Gasteiger partial charge >= 0.3 is 5.97 Å². The van der Waals surface area contributed by atoms with Crippen LogP contribution in [0.3, 0.4) is 0 Å². The van der Waals surface area contributed by atoms with Crippen LogP contribution < -0.4 is 0 Å². The van der Waals surface area contributed by atoms with E-state index in [2.05, 4.69) is 0 Å². The van der Waals surface area contributed by atoms with E-state index in [1.54, 1.807) is 25.1 Å². The lowest BCUT2D eigenvalue weighted by molar-refractivity contribution is -0.129. The first-order chi connectivity index (χ1) is 14.3. The zero-order valence-corrected chi connectivity index (χ0v) is 18.0. The van der Waals surface area contributed by atoms with E-state index in [0.717, 1.165) is 36.1 Å². The molecule has 0 radical (unpaired) electrons. The van der Waals surface area contributed by atoms with Gasteiger partial charge in [0.05, 0.1) is 6.10 Å². The average molecular weight is 434 g/mol. The molecule has 0 aliphatic carbocycles. The number of aliphatic hydroxyl groups is 1. The quantitative estimate of drug-likeness (QED) is 0.589. The van der Waals surface area contributed by atoms with Gasteiger partial charge in [-0.25, -0.2) is 9.18 Å². The summed E-state index contributed by atoms with van der Waals surface area (Å²) in [4.78, 5) is 26.5. The molecule has 3 rings (SSSR count). The molecule has 1 fully saturated rings. The van der Waals surface area contributed by atoms with Crippen molar-refractivity contribution in [3.63, 3.8) is 0 Å². The van der Waals surface area contributed by atoms with E-state index in [4.69, 9.17) is 5.11 Å². The van der Waals surface area contributed by atoms with Crippen LogP contribution >= 0.6 is 11.3 Å². The van der Waals surface area contributed by atoms with Crippen molar-refractivity contribution < 1.29 is 24.2 Å². The van der Waals surface area contributed by atoms with Crippen LogP contribution in [0.2, 0.25) is 0 Å². The molecule has 2 N–H and O–H groups in total. The number of aliphatic hydroxyl groups excluding tert-OH is 1. The Morgan fingerprint density at radius 2 is 2.13 bits per heavy atom. The summed E-state index contributed by atoms with van der Waals surface area (Å²) in [7, 11) is 0. The van der Waals surface area contributed by atoms with Gasteiger partial charge in [0, 0.05) is 23.9 Å². The number of likely N-dealkylation sites (tertiary alicyclic amines) is 1. The number of amides is 1. The molecule has 1 aromatic heterocycles. The number of carboxylic acids is 1. The van der Waals surface area contributed by atoms with E-state index in [9.17, 15) is 19.1 Å². The highest BCUT2D eigenvalue weighted by Crippen LogP contribution is 2.25. The van der Waals surface area contributed by atoms with E-state index >= 15 is 0 Å². The molecule has 162 valence electrons. The second-order valence-corrected chi connectivity index (χ2v) is 9.14. The fourth-order valence-electron chi connectivity index (χ4n) is 4.04. The highest BCUT2D eigenvalue weighted by molar-refractivity contribution is 7.13. The minimum absolute atomic E-state index is 0.139. The highest BCUT2D eigenvalue weighted by atomic mass is 32.1. The second kappa shape index (κ2) is 10.2. The molecule has 2 heterocycles. The molecule has 2 atom stereocenters. The number of carboxylic acid groups (broad SMARTS) is 1. The molecule has 1 aliphatic heterocycles. The lowest BCUT2D eigenvalue weighted by Crippen LogP contribution is -2.34. The monoisotopic (exact) mass is 433 g/mol. The van der Waals surface area contributed by atoms with Crippen molar-refractivity contribution in [3.8, 4) is 0 Å². The summed E-state index contributed by atoms with van der Waals surface area (Å²) in [5, 5.41) is 19.4. The number of carbonyl (C=O) groups excluding carboxylic acids is 1. The number of aromatic carboxylic acids is 1. The second-order valence-electron chi connectivity index (χ2n) is 7.97. The number of nitrogens with zero attached hydrogens (tertiary/aromatic N) is 1. The fraction of sp³-hybridized carbons (Fsp3) is 0.478. The summed E-state index contributed by atoms with van der Waals surface area (Å²) in [6.07, 6.45) is 4.19.